The third-order valence-corrected chi connectivity index (χ3v) is 5.24. The summed E-state index contributed by atoms with van der Waals surface area (Å²) in [6.45, 7) is 3.10. The van der Waals surface area contributed by atoms with Gasteiger partial charge in [0.1, 0.15) is 11.0 Å². The van der Waals surface area contributed by atoms with Crippen molar-refractivity contribution in [3.05, 3.63) is 11.2 Å². The quantitative estimate of drug-likeness (QED) is 0.824. The van der Waals surface area contributed by atoms with E-state index < -0.39 is 0 Å². The molecule has 0 bridgehead atoms. The van der Waals surface area contributed by atoms with Crippen molar-refractivity contribution in [1.82, 2.24) is 9.97 Å². The molecule has 2 N–H and O–H groups in total. The first kappa shape index (κ1) is 14.5. The summed E-state index contributed by atoms with van der Waals surface area (Å²) in [5, 5.41) is 13.3. The molecule has 120 valence electrons. The first-order chi connectivity index (χ1) is 10.6. The first-order valence-electron chi connectivity index (χ1n) is 7.94. The van der Waals surface area contributed by atoms with Gasteiger partial charge in [0.2, 0.25) is 5.95 Å². The van der Waals surface area contributed by atoms with Crippen LogP contribution in [-0.4, -0.2) is 53.5 Å². The molecule has 7 heteroatoms. The van der Waals surface area contributed by atoms with Crippen molar-refractivity contribution in [2.24, 2.45) is 5.41 Å². The zero-order valence-corrected chi connectivity index (χ0v) is 13.2. The minimum atomic E-state index is -0.0868. The molecule has 22 heavy (non-hydrogen) atoms. The Bertz CT molecular complexity index is 550. The topological polar surface area (TPSA) is 70.5 Å². The molecule has 1 aromatic heterocycles. The lowest BCUT2D eigenvalue weighted by Gasteiger charge is -2.56. The van der Waals surface area contributed by atoms with E-state index in [4.69, 9.17) is 16.3 Å². The molecule has 1 spiro atoms. The van der Waals surface area contributed by atoms with Crippen molar-refractivity contribution < 1.29 is 9.84 Å². The molecule has 0 atom stereocenters. The van der Waals surface area contributed by atoms with E-state index >= 15 is 0 Å². The van der Waals surface area contributed by atoms with Crippen LogP contribution in [-0.2, 0) is 4.74 Å². The summed E-state index contributed by atoms with van der Waals surface area (Å²) in [6, 6.07) is 2.20. The Morgan fingerprint density at radius 1 is 1.23 bits per heavy atom. The van der Waals surface area contributed by atoms with Crippen LogP contribution in [0.4, 0.5) is 11.8 Å². The number of aromatic nitrogens is 2. The van der Waals surface area contributed by atoms with Crippen molar-refractivity contribution in [2.45, 2.75) is 37.8 Å². The highest BCUT2D eigenvalue weighted by atomic mass is 35.5. The van der Waals surface area contributed by atoms with Gasteiger partial charge in [-0.1, -0.05) is 11.6 Å². The Hall–Kier alpha value is -1.11. The van der Waals surface area contributed by atoms with E-state index in [2.05, 4.69) is 20.2 Å². The molecular formula is C15H21ClN4O2. The van der Waals surface area contributed by atoms with Gasteiger partial charge in [-0.05, 0) is 31.1 Å². The van der Waals surface area contributed by atoms with E-state index in [1.54, 1.807) is 0 Å². The summed E-state index contributed by atoms with van der Waals surface area (Å²) in [6.07, 6.45) is 3.98. The largest absolute Gasteiger partial charge is 0.393 e. The van der Waals surface area contributed by atoms with Crippen molar-refractivity contribution >= 4 is 23.4 Å². The van der Waals surface area contributed by atoms with Gasteiger partial charge >= 0.3 is 0 Å². The lowest BCUT2D eigenvalue weighted by molar-refractivity contribution is -0.0868. The van der Waals surface area contributed by atoms with Crippen LogP contribution in [0.5, 0.6) is 0 Å². The molecule has 1 saturated heterocycles. The molecule has 1 aromatic rings. The normalized spacial score (nSPS) is 34.2. The Kier molecular flexibility index (Phi) is 3.63. The highest BCUT2D eigenvalue weighted by Crippen LogP contribution is 2.56. The minimum absolute atomic E-state index is 0.0868. The molecule has 2 aliphatic carbocycles. The van der Waals surface area contributed by atoms with Crippen molar-refractivity contribution in [2.75, 3.05) is 36.5 Å². The lowest BCUT2D eigenvalue weighted by atomic mass is 9.53. The van der Waals surface area contributed by atoms with Gasteiger partial charge < -0.3 is 20.1 Å². The number of nitrogens with one attached hydrogen (secondary N) is 1. The Morgan fingerprint density at radius 3 is 2.64 bits per heavy atom. The SMILES string of the molecule is OC1CC2(C1)CC(Nc1nc(Cl)cc(N3CCOCC3)n1)C2. The second-order valence-corrected chi connectivity index (χ2v) is 7.17. The molecule has 2 saturated carbocycles. The maximum atomic E-state index is 9.46. The van der Waals surface area contributed by atoms with Crippen molar-refractivity contribution in [1.29, 1.82) is 0 Å². The predicted molar refractivity (Wildman–Crippen MR) is 84.4 cm³/mol. The van der Waals surface area contributed by atoms with Gasteiger partial charge in [-0.2, -0.15) is 4.98 Å². The number of aliphatic hydroxyl groups excluding tert-OH is 1. The number of halogens is 1. The molecule has 2 heterocycles. The fourth-order valence-corrected chi connectivity index (χ4v) is 4.15. The van der Waals surface area contributed by atoms with Crippen LogP contribution in [0, 0.1) is 5.41 Å². The van der Waals surface area contributed by atoms with Gasteiger partial charge in [0, 0.05) is 25.2 Å². The molecule has 0 aromatic carbocycles. The number of hydrogen-bond donors (Lipinski definition) is 2. The third kappa shape index (κ3) is 2.75. The number of aliphatic hydroxyl groups is 1. The zero-order chi connectivity index (χ0) is 15.2. The lowest BCUT2D eigenvalue weighted by Crippen LogP contribution is -2.54. The van der Waals surface area contributed by atoms with Crippen LogP contribution in [0.3, 0.4) is 0 Å². The van der Waals surface area contributed by atoms with Crippen LogP contribution in [0.25, 0.3) is 0 Å². The van der Waals surface area contributed by atoms with Crippen LogP contribution < -0.4 is 10.2 Å². The second-order valence-electron chi connectivity index (χ2n) is 6.78. The van der Waals surface area contributed by atoms with Gasteiger partial charge in [-0.25, -0.2) is 4.98 Å². The number of hydrogen-bond acceptors (Lipinski definition) is 6. The number of nitrogens with zero attached hydrogens (tertiary/aromatic N) is 3. The molecule has 3 aliphatic rings. The fourth-order valence-electron chi connectivity index (χ4n) is 3.97. The Balaban J connectivity index is 1.40. The van der Waals surface area contributed by atoms with E-state index in [1.807, 2.05) is 6.07 Å². The van der Waals surface area contributed by atoms with Crippen LogP contribution in [0.1, 0.15) is 25.7 Å². The molecule has 0 amide bonds. The summed E-state index contributed by atoms with van der Waals surface area (Å²) in [7, 11) is 0. The van der Waals surface area contributed by atoms with Crippen LogP contribution >= 0.6 is 11.6 Å². The van der Waals surface area contributed by atoms with E-state index in [0.717, 1.165) is 57.8 Å². The van der Waals surface area contributed by atoms with E-state index in [0.29, 0.717) is 22.6 Å². The van der Waals surface area contributed by atoms with Crippen LogP contribution in [0.2, 0.25) is 5.15 Å². The Labute approximate surface area is 134 Å². The van der Waals surface area contributed by atoms with Gasteiger partial charge in [0.15, 0.2) is 0 Å². The predicted octanol–water partition coefficient (Wildman–Crippen LogP) is 1.68. The maximum Gasteiger partial charge on any atom is 0.226 e. The van der Waals surface area contributed by atoms with E-state index in [9.17, 15) is 5.11 Å². The molecule has 0 radical (unpaired) electrons. The number of anilines is 2. The molecule has 0 unspecified atom stereocenters. The molecule has 1 aliphatic heterocycles. The summed E-state index contributed by atoms with van der Waals surface area (Å²) in [5.74, 6) is 1.47. The fraction of sp³-hybridized carbons (Fsp3) is 0.733. The average molecular weight is 325 g/mol. The van der Waals surface area contributed by atoms with Crippen molar-refractivity contribution in [3.63, 3.8) is 0 Å². The Morgan fingerprint density at radius 2 is 1.95 bits per heavy atom. The zero-order valence-electron chi connectivity index (χ0n) is 12.5. The molecular weight excluding hydrogens is 304 g/mol. The summed E-state index contributed by atoms with van der Waals surface area (Å²) < 4.78 is 5.37. The molecule has 6 nitrogen and oxygen atoms in total. The summed E-state index contributed by atoms with van der Waals surface area (Å²) >= 11 is 6.15. The van der Waals surface area contributed by atoms with E-state index in [1.165, 1.54) is 0 Å². The summed E-state index contributed by atoms with van der Waals surface area (Å²) in [5.41, 5.74) is 0.378. The monoisotopic (exact) mass is 324 g/mol. The highest BCUT2D eigenvalue weighted by Gasteiger charge is 2.52. The van der Waals surface area contributed by atoms with E-state index in [-0.39, 0.29) is 6.10 Å². The minimum Gasteiger partial charge on any atom is -0.393 e. The maximum absolute atomic E-state index is 9.46. The van der Waals surface area contributed by atoms with Gasteiger partial charge in [-0.15, -0.1) is 0 Å². The van der Waals surface area contributed by atoms with Crippen molar-refractivity contribution in [3.8, 4) is 0 Å². The summed E-state index contributed by atoms with van der Waals surface area (Å²) in [4.78, 5) is 11.1. The third-order valence-electron chi connectivity index (χ3n) is 5.05. The number of rotatable bonds is 3. The number of ether oxygens (including phenoxy) is 1. The smallest absolute Gasteiger partial charge is 0.226 e. The first-order valence-corrected chi connectivity index (χ1v) is 8.32. The standard InChI is InChI=1S/C15H21ClN4O2/c16-12-5-13(20-1-3-22-4-2-20)19-14(18-12)17-10-6-15(7-10)8-11(21)9-15/h5,10-11,21H,1-4,6-9H2,(H,17,18,19). The van der Waals surface area contributed by atoms with Gasteiger partial charge in [-0.3, -0.25) is 0 Å². The average Bonchev–Trinajstić information content (AvgIpc) is 2.44. The molecule has 3 fully saturated rings. The molecule has 4 rings (SSSR count). The van der Waals surface area contributed by atoms with Gasteiger partial charge in [0.25, 0.3) is 0 Å². The second kappa shape index (κ2) is 5.51. The number of morpholine rings is 1. The van der Waals surface area contributed by atoms with Crippen LogP contribution in [0.15, 0.2) is 6.07 Å². The highest BCUT2D eigenvalue weighted by molar-refractivity contribution is 6.29. The van der Waals surface area contributed by atoms with Gasteiger partial charge in [0.05, 0.1) is 19.3 Å².